The molecule has 82 valence electrons. The molecule has 0 aromatic carbocycles. The van der Waals surface area contributed by atoms with E-state index < -0.39 is 12.5 Å². The van der Waals surface area contributed by atoms with Gasteiger partial charge in [0, 0.05) is 7.05 Å². The van der Waals surface area contributed by atoms with E-state index in [0.29, 0.717) is 16.8 Å². The molecule has 1 aromatic heterocycles. The van der Waals surface area contributed by atoms with Crippen LogP contribution in [0.2, 0.25) is 0 Å². The van der Waals surface area contributed by atoms with Gasteiger partial charge in [-0.05, 0) is 6.26 Å². The lowest BCUT2D eigenvalue weighted by atomic mass is 10.3. The molecule has 0 aliphatic carbocycles. The molecular weight excluding hydrogens is 218 g/mol. The molecule has 0 radical (unpaired) electrons. The summed E-state index contributed by atoms with van der Waals surface area (Å²) in [6, 6.07) is 0. The molecular formula is C7H11N5O2S. The second kappa shape index (κ2) is 3.80. The number of likely N-dealkylation sites (N-methyl/N-ethyl adjacent to an activating group) is 1. The number of aliphatic hydroxyl groups excluding tert-OH is 2. The van der Waals surface area contributed by atoms with Crippen molar-refractivity contribution < 1.29 is 10.2 Å². The number of thioether (sulfide) groups is 1. The lowest BCUT2D eigenvalue weighted by molar-refractivity contribution is 0.0334. The second-order valence-corrected chi connectivity index (χ2v) is 3.86. The number of fused-ring (bicyclic) bond motifs is 1. The molecule has 15 heavy (non-hydrogen) atoms. The van der Waals surface area contributed by atoms with Crippen molar-refractivity contribution in [1.29, 1.82) is 0 Å². The Hall–Kier alpha value is -1.12. The van der Waals surface area contributed by atoms with Gasteiger partial charge in [-0.1, -0.05) is 11.8 Å². The normalized spacial score (nSPS) is 24.7. The van der Waals surface area contributed by atoms with E-state index in [1.807, 2.05) is 6.26 Å². The minimum atomic E-state index is -1.08. The molecule has 0 saturated heterocycles. The summed E-state index contributed by atoms with van der Waals surface area (Å²) in [6.45, 7) is 0. The molecule has 1 aliphatic heterocycles. The van der Waals surface area contributed by atoms with E-state index in [9.17, 15) is 10.2 Å². The molecule has 0 unspecified atom stereocenters. The van der Waals surface area contributed by atoms with Crippen molar-refractivity contribution >= 4 is 23.4 Å². The van der Waals surface area contributed by atoms with Gasteiger partial charge in [0.15, 0.2) is 24.1 Å². The Bertz CT molecular complexity index is 376. The summed E-state index contributed by atoms with van der Waals surface area (Å²) >= 11 is 1.36. The van der Waals surface area contributed by atoms with Gasteiger partial charge in [-0.25, -0.2) is 0 Å². The third-order valence-corrected chi connectivity index (χ3v) is 2.67. The predicted molar refractivity (Wildman–Crippen MR) is 55.6 cm³/mol. The van der Waals surface area contributed by atoms with E-state index in [1.54, 1.807) is 7.05 Å². The van der Waals surface area contributed by atoms with Crippen molar-refractivity contribution in [2.24, 2.45) is 0 Å². The van der Waals surface area contributed by atoms with Crippen LogP contribution < -0.4 is 10.2 Å². The Morgan fingerprint density at radius 2 is 2.13 bits per heavy atom. The first-order valence-electron chi connectivity index (χ1n) is 4.27. The summed E-state index contributed by atoms with van der Waals surface area (Å²) in [7, 11) is 1.63. The summed E-state index contributed by atoms with van der Waals surface area (Å²) in [5.74, 6) is 0.847. The van der Waals surface area contributed by atoms with Gasteiger partial charge in [-0.15, -0.1) is 10.2 Å². The van der Waals surface area contributed by atoms with E-state index in [1.165, 1.54) is 16.7 Å². The number of hydrogen-bond donors (Lipinski definition) is 3. The Kier molecular flexibility index (Phi) is 2.63. The highest BCUT2D eigenvalue weighted by molar-refractivity contribution is 7.98. The lowest BCUT2D eigenvalue weighted by Gasteiger charge is -2.34. The minimum absolute atomic E-state index is 0.369. The quantitative estimate of drug-likeness (QED) is 0.533. The van der Waals surface area contributed by atoms with Gasteiger partial charge in [0.1, 0.15) is 0 Å². The largest absolute Gasteiger partial charge is 0.369 e. The van der Waals surface area contributed by atoms with Gasteiger partial charge in [0.25, 0.3) is 0 Å². The summed E-state index contributed by atoms with van der Waals surface area (Å²) in [4.78, 5) is 5.63. The van der Waals surface area contributed by atoms with E-state index in [0.717, 1.165) is 0 Å². The van der Waals surface area contributed by atoms with Crippen LogP contribution >= 0.6 is 11.8 Å². The van der Waals surface area contributed by atoms with Crippen LogP contribution in [0, 0.1) is 0 Å². The minimum Gasteiger partial charge on any atom is -0.369 e. The van der Waals surface area contributed by atoms with E-state index in [4.69, 9.17) is 0 Å². The molecule has 8 heteroatoms. The smallest absolute Gasteiger partial charge is 0.210 e. The molecule has 0 amide bonds. The maximum atomic E-state index is 9.58. The molecule has 2 atom stereocenters. The molecule has 3 N–H and O–H groups in total. The topological polar surface area (TPSA) is 94.4 Å². The molecule has 1 aliphatic rings. The average molecular weight is 229 g/mol. The van der Waals surface area contributed by atoms with E-state index >= 15 is 0 Å². The SMILES string of the molecule is CSc1nnc2c(n1)N(C)[C@H](O)[C@H](O)N2. The third-order valence-electron chi connectivity index (χ3n) is 2.13. The zero-order valence-corrected chi connectivity index (χ0v) is 9.06. The first-order valence-corrected chi connectivity index (χ1v) is 5.50. The van der Waals surface area contributed by atoms with Crippen LogP contribution in [-0.2, 0) is 0 Å². The molecule has 2 heterocycles. The lowest BCUT2D eigenvalue weighted by Crippen LogP contribution is -2.49. The number of nitrogens with one attached hydrogen (secondary N) is 1. The van der Waals surface area contributed by atoms with Crippen LogP contribution in [0.15, 0.2) is 5.16 Å². The van der Waals surface area contributed by atoms with Crippen molar-refractivity contribution in [1.82, 2.24) is 15.2 Å². The predicted octanol–water partition coefficient (Wildman–Crippen LogP) is -0.908. The summed E-state index contributed by atoms with van der Waals surface area (Å²) < 4.78 is 0. The highest BCUT2D eigenvalue weighted by Crippen LogP contribution is 2.28. The van der Waals surface area contributed by atoms with Crippen LogP contribution in [0.3, 0.4) is 0 Å². The standard InChI is InChI=1S/C7H11N5O2S/c1-12-4-3(8-5(13)6(12)14)10-11-7(9-4)15-2/h5-6,13-14H,1-2H3,(H,8,10)/t5-,6+/m0/s1. The maximum absolute atomic E-state index is 9.58. The molecule has 7 nitrogen and oxygen atoms in total. The van der Waals surface area contributed by atoms with Crippen molar-refractivity contribution in [3.8, 4) is 0 Å². The maximum Gasteiger partial charge on any atom is 0.210 e. The zero-order valence-electron chi connectivity index (χ0n) is 8.25. The zero-order chi connectivity index (χ0) is 11.0. The fourth-order valence-electron chi connectivity index (χ4n) is 1.28. The van der Waals surface area contributed by atoms with E-state index in [2.05, 4.69) is 20.5 Å². The molecule has 2 rings (SSSR count). The fraction of sp³-hybridized carbons (Fsp3) is 0.571. The van der Waals surface area contributed by atoms with Crippen molar-refractivity contribution in [2.75, 3.05) is 23.5 Å². The second-order valence-electron chi connectivity index (χ2n) is 3.08. The van der Waals surface area contributed by atoms with Gasteiger partial charge in [-0.3, -0.25) is 0 Å². The summed E-state index contributed by atoms with van der Waals surface area (Å²) in [5, 5.41) is 29.8. The fourth-order valence-corrected chi connectivity index (χ4v) is 1.58. The van der Waals surface area contributed by atoms with Gasteiger partial charge < -0.3 is 20.4 Å². The van der Waals surface area contributed by atoms with Gasteiger partial charge in [0.2, 0.25) is 5.16 Å². The average Bonchev–Trinajstić information content (AvgIpc) is 2.26. The number of rotatable bonds is 1. The van der Waals surface area contributed by atoms with Crippen LogP contribution in [0.1, 0.15) is 0 Å². The highest BCUT2D eigenvalue weighted by Gasteiger charge is 2.31. The van der Waals surface area contributed by atoms with Crippen molar-refractivity contribution in [2.45, 2.75) is 17.6 Å². The monoisotopic (exact) mass is 229 g/mol. The third kappa shape index (κ3) is 1.71. The van der Waals surface area contributed by atoms with Crippen LogP contribution in [0.5, 0.6) is 0 Å². The van der Waals surface area contributed by atoms with Gasteiger partial charge in [-0.2, -0.15) is 4.98 Å². The first kappa shape index (κ1) is 10.4. The Labute approximate surface area is 90.5 Å². The Morgan fingerprint density at radius 3 is 2.80 bits per heavy atom. The Morgan fingerprint density at radius 1 is 1.40 bits per heavy atom. The van der Waals surface area contributed by atoms with Crippen molar-refractivity contribution in [3.63, 3.8) is 0 Å². The van der Waals surface area contributed by atoms with Crippen LogP contribution in [-0.4, -0.2) is 51.2 Å². The number of nitrogens with zero attached hydrogens (tertiary/aromatic N) is 4. The number of aliphatic hydroxyl groups is 2. The van der Waals surface area contributed by atoms with Crippen molar-refractivity contribution in [3.05, 3.63) is 0 Å². The molecule has 0 bridgehead atoms. The molecule has 0 spiro atoms. The van der Waals surface area contributed by atoms with Crippen LogP contribution in [0.4, 0.5) is 11.6 Å². The Balaban J connectivity index is 2.42. The molecule has 0 fully saturated rings. The molecule has 1 aromatic rings. The highest BCUT2D eigenvalue weighted by atomic mass is 32.2. The van der Waals surface area contributed by atoms with Crippen LogP contribution in [0.25, 0.3) is 0 Å². The number of anilines is 2. The van der Waals surface area contributed by atoms with Gasteiger partial charge >= 0.3 is 0 Å². The van der Waals surface area contributed by atoms with Gasteiger partial charge in [0.05, 0.1) is 0 Å². The molecule has 0 saturated carbocycles. The number of aromatic nitrogens is 3. The summed E-state index contributed by atoms with van der Waals surface area (Å²) in [6.07, 6.45) is -0.284. The van der Waals surface area contributed by atoms with E-state index in [-0.39, 0.29) is 0 Å². The summed E-state index contributed by atoms with van der Waals surface area (Å²) in [5.41, 5.74) is 0. The number of hydrogen-bond acceptors (Lipinski definition) is 8. The first-order chi connectivity index (χ1) is 7.13.